The lowest BCUT2D eigenvalue weighted by Gasteiger charge is -2.28. The van der Waals surface area contributed by atoms with Crippen LogP contribution in [0, 0.1) is 27.4 Å². The molecule has 0 radical (unpaired) electrons. The number of nitrogens with zero attached hydrogens (tertiary/aromatic N) is 3. The maximum atomic E-state index is 12.7. The van der Waals surface area contributed by atoms with E-state index in [0.717, 1.165) is 24.8 Å². The standard InChI is InChI=1S/C22H23N5O4S2/c1-13-2-4-15-16(12-23)21(33-19(15)10-13)25-22(32)24-20(28)14-3-5-17(18(11-14)27(29)30)26-6-8-31-9-7-26/h3,5,11,13H,2,4,6-10H2,1H3,(H2,24,25,28,32)/t13-/m1/s1. The highest BCUT2D eigenvalue weighted by molar-refractivity contribution is 7.80. The fourth-order valence-corrected chi connectivity index (χ4v) is 5.77. The first-order valence-electron chi connectivity index (χ1n) is 10.7. The van der Waals surface area contributed by atoms with Crippen molar-refractivity contribution in [2.24, 2.45) is 5.92 Å². The number of fused-ring (bicyclic) bond motifs is 1. The van der Waals surface area contributed by atoms with Crippen LogP contribution in [0.25, 0.3) is 0 Å². The van der Waals surface area contributed by atoms with E-state index in [1.54, 1.807) is 12.1 Å². The van der Waals surface area contributed by atoms with E-state index in [1.165, 1.54) is 22.3 Å². The summed E-state index contributed by atoms with van der Waals surface area (Å²) in [4.78, 5) is 26.9. The first-order chi connectivity index (χ1) is 15.9. The molecule has 4 rings (SSSR count). The number of nitriles is 1. The Bertz CT molecular complexity index is 1150. The van der Waals surface area contributed by atoms with Crippen LogP contribution in [0.4, 0.5) is 16.4 Å². The Hall–Kier alpha value is -3.07. The van der Waals surface area contributed by atoms with Crippen LogP contribution in [0.3, 0.4) is 0 Å². The van der Waals surface area contributed by atoms with Crippen molar-refractivity contribution >= 4 is 51.0 Å². The molecule has 1 amide bonds. The second-order valence-electron chi connectivity index (χ2n) is 8.14. The van der Waals surface area contributed by atoms with Gasteiger partial charge in [0.05, 0.1) is 23.7 Å². The van der Waals surface area contributed by atoms with Crippen LogP contribution in [0.15, 0.2) is 18.2 Å². The van der Waals surface area contributed by atoms with E-state index in [1.807, 2.05) is 4.90 Å². The number of morpholine rings is 1. The Morgan fingerprint density at radius 1 is 1.39 bits per heavy atom. The summed E-state index contributed by atoms with van der Waals surface area (Å²) in [5.74, 6) is 0.0102. The fraction of sp³-hybridized carbons (Fsp3) is 0.409. The molecule has 2 N–H and O–H groups in total. The predicted octanol–water partition coefficient (Wildman–Crippen LogP) is 3.62. The van der Waals surface area contributed by atoms with Gasteiger partial charge < -0.3 is 15.0 Å². The maximum Gasteiger partial charge on any atom is 0.293 e. The Morgan fingerprint density at radius 2 is 2.15 bits per heavy atom. The minimum Gasteiger partial charge on any atom is -0.378 e. The third kappa shape index (κ3) is 4.98. The molecule has 0 unspecified atom stereocenters. The van der Waals surface area contributed by atoms with Gasteiger partial charge in [-0.2, -0.15) is 5.26 Å². The highest BCUT2D eigenvalue weighted by Crippen LogP contribution is 2.39. The van der Waals surface area contributed by atoms with Gasteiger partial charge in [-0.15, -0.1) is 11.3 Å². The molecule has 172 valence electrons. The van der Waals surface area contributed by atoms with Crippen molar-refractivity contribution in [3.63, 3.8) is 0 Å². The van der Waals surface area contributed by atoms with Crippen LogP contribution in [-0.2, 0) is 17.6 Å². The summed E-state index contributed by atoms with van der Waals surface area (Å²) in [5.41, 5.74) is 2.08. The number of thiophene rings is 1. The molecule has 2 heterocycles. The van der Waals surface area contributed by atoms with Crippen molar-refractivity contribution in [1.82, 2.24) is 5.32 Å². The Morgan fingerprint density at radius 3 is 2.85 bits per heavy atom. The number of nitro groups is 1. The van der Waals surface area contributed by atoms with E-state index in [-0.39, 0.29) is 16.4 Å². The number of carbonyl (C=O) groups is 1. The number of benzene rings is 1. The van der Waals surface area contributed by atoms with Crippen LogP contribution in [0.2, 0.25) is 0 Å². The van der Waals surface area contributed by atoms with E-state index < -0.39 is 10.8 Å². The zero-order valence-electron chi connectivity index (χ0n) is 18.1. The first kappa shape index (κ1) is 23.1. The van der Waals surface area contributed by atoms with Crippen LogP contribution in [-0.4, -0.2) is 42.2 Å². The van der Waals surface area contributed by atoms with Gasteiger partial charge in [-0.1, -0.05) is 6.92 Å². The monoisotopic (exact) mass is 485 g/mol. The number of nitrogens with one attached hydrogen (secondary N) is 2. The third-order valence-corrected chi connectivity index (χ3v) is 7.24. The summed E-state index contributed by atoms with van der Waals surface area (Å²) in [6.07, 6.45) is 2.82. The van der Waals surface area contributed by atoms with E-state index >= 15 is 0 Å². The van der Waals surface area contributed by atoms with Crippen LogP contribution >= 0.6 is 23.6 Å². The normalized spacial score (nSPS) is 17.6. The Balaban J connectivity index is 1.48. The lowest BCUT2D eigenvalue weighted by molar-refractivity contribution is -0.384. The molecule has 2 aliphatic rings. The molecule has 1 atom stereocenters. The second-order valence-corrected chi connectivity index (χ2v) is 9.65. The number of amides is 1. The van der Waals surface area contributed by atoms with Crippen molar-refractivity contribution in [3.8, 4) is 6.07 Å². The van der Waals surface area contributed by atoms with Gasteiger partial charge in [0, 0.05) is 29.6 Å². The van der Waals surface area contributed by atoms with E-state index in [2.05, 4.69) is 23.6 Å². The number of anilines is 2. The number of carbonyl (C=O) groups excluding carboxylic acids is 1. The third-order valence-electron chi connectivity index (χ3n) is 5.86. The molecule has 9 nitrogen and oxygen atoms in total. The van der Waals surface area contributed by atoms with Crippen molar-refractivity contribution in [2.45, 2.75) is 26.2 Å². The SMILES string of the molecule is C[C@@H]1CCc2c(sc(NC(=S)NC(=O)c3ccc(N4CCOCC4)c([N+](=O)[O-])c3)c2C#N)C1. The molecular formula is C22H23N5O4S2. The Kier molecular flexibility index (Phi) is 6.88. The smallest absolute Gasteiger partial charge is 0.293 e. The molecule has 1 fully saturated rings. The molecule has 1 aliphatic carbocycles. The highest BCUT2D eigenvalue weighted by atomic mass is 32.1. The summed E-state index contributed by atoms with van der Waals surface area (Å²) >= 11 is 6.78. The zero-order chi connectivity index (χ0) is 23.5. The quantitative estimate of drug-likeness (QED) is 0.383. The average molecular weight is 486 g/mol. The van der Waals surface area contributed by atoms with Gasteiger partial charge in [0.25, 0.3) is 11.6 Å². The van der Waals surface area contributed by atoms with Crippen LogP contribution in [0.5, 0.6) is 0 Å². The molecule has 1 aromatic carbocycles. The molecule has 1 aliphatic heterocycles. The second kappa shape index (κ2) is 9.82. The molecule has 1 aromatic heterocycles. The summed E-state index contributed by atoms with van der Waals surface area (Å²) in [7, 11) is 0. The highest BCUT2D eigenvalue weighted by Gasteiger charge is 2.26. The number of rotatable bonds is 4. The van der Waals surface area contributed by atoms with Crippen LogP contribution in [0.1, 0.15) is 39.7 Å². The fourth-order valence-electron chi connectivity index (χ4n) is 4.15. The number of nitro benzene ring substituents is 1. The summed E-state index contributed by atoms with van der Waals surface area (Å²) in [6, 6.07) is 6.64. The number of hydrogen-bond donors (Lipinski definition) is 2. The lowest BCUT2D eigenvalue weighted by Crippen LogP contribution is -2.37. The summed E-state index contributed by atoms with van der Waals surface area (Å²) < 4.78 is 5.31. The van der Waals surface area contributed by atoms with E-state index in [0.29, 0.717) is 48.5 Å². The van der Waals surface area contributed by atoms with Crippen molar-refractivity contribution < 1.29 is 14.5 Å². The minimum absolute atomic E-state index is 0.0445. The van der Waals surface area contributed by atoms with Crippen molar-refractivity contribution in [3.05, 3.63) is 49.9 Å². The average Bonchev–Trinajstić information content (AvgIpc) is 3.14. The van der Waals surface area contributed by atoms with Gasteiger partial charge in [-0.25, -0.2) is 0 Å². The molecule has 11 heteroatoms. The molecule has 0 spiro atoms. The van der Waals surface area contributed by atoms with E-state index in [4.69, 9.17) is 17.0 Å². The van der Waals surface area contributed by atoms with Gasteiger partial charge in [0.2, 0.25) is 0 Å². The Labute approximate surface area is 200 Å². The summed E-state index contributed by atoms with van der Waals surface area (Å²) in [6.45, 7) is 4.27. The number of ether oxygens (including phenoxy) is 1. The predicted molar refractivity (Wildman–Crippen MR) is 130 cm³/mol. The van der Waals surface area contributed by atoms with Gasteiger partial charge in [0.1, 0.15) is 16.8 Å². The van der Waals surface area contributed by atoms with Crippen molar-refractivity contribution in [2.75, 3.05) is 36.5 Å². The molecule has 0 bridgehead atoms. The number of thiocarbonyl (C=S) groups is 1. The van der Waals surface area contributed by atoms with Gasteiger partial charge in [-0.3, -0.25) is 20.2 Å². The van der Waals surface area contributed by atoms with Crippen LogP contribution < -0.4 is 15.5 Å². The molecule has 33 heavy (non-hydrogen) atoms. The summed E-state index contributed by atoms with van der Waals surface area (Å²) in [5, 5.41) is 27.5. The van der Waals surface area contributed by atoms with Gasteiger partial charge in [-0.05, 0) is 55.1 Å². The van der Waals surface area contributed by atoms with Crippen molar-refractivity contribution in [1.29, 1.82) is 5.26 Å². The zero-order valence-corrected chi connectivity index (χ0v) is 19.7. The van der Waals surface area contributed by atoms with Gasteiger partial charge >= 0.3 is 0 Å². The molecule has 2 aromatic rings. The maximum absolute atomic E-state index is 12.7. The van der Waals surface area contributed by atoms with Gasteiger partial charge in [0.15, 0.2) is 5.11 Å². The minimum atomic E-state index is -0.558. The molecule has 0 saturated carbocycles. The lowest BCUT2D eigenvalue weighted by atomic mass is 9.89. The first-order valence-corrected chi connectivity index (χ1v) is 11.9. The topological polar surface area (TPSA) is 121 Å². The number of hydrogen-bond acceptors (Lipinski definition) is 8. The molecular weight excluding hydrogens is 462 g/mol. The largest absolute Gasteiger partial charge is 0.378 e. The van der Waals surface area contributed by atoms with E-state index in [9.17, 15) is 20.2 Å². The molecule has 1 saturated heterocycles.